The maximum atomic E-state index is 13.4. The smallest absolute Gasteiger partial charge is 0.278 e. The van der Waals surface area contributed by atoms with Crippen molar-refractivity contribution < 1.29 is 9.59 Å². The molecule has 2 amide bonds. The highest BCUT2D eigenvalue weighted by atomic mass is 16.2. The molecule has 0 unspecified atom stereocenters. The second-order valence-electron chi connectivity index (χ2n) is 7.99. The summed E-state index contributed by atoms with van der Waals surface area (Å²) < 4.78 is 0. The molecule has 0 aromatic heterocycles. The van der Waals surface area contributed by atoms with Crippen molar-refractivity contribution in [1.82, 2.24) is 4.90 Å². The van der Waals surface area contributed by atoms with E-state index in [1.807, 2.05) is 93.6 Å². The minimum atomic E-state index is -0.280. The van der Waals surface area contributed by atoms with E-state index in [2.05, 4.69) is 5.32 Å². The number of aryl methyl sites for hydroxylation is 3. The fourth-order valence-electron chi connectivity index (χ4n) is 3.79. The summed E-state index contributed by atoms with van der Waals surface area (Å²) in [5.74, 6) is -0.530. The van der Waals surface area contributed by atoms with Gasteiger partial charge < -0.3 is 5.32 Å². The Morgan fingerprint density at radius 1 is 0.742 bits per heavy atom. The second-order valence-corrected chi connectivity index (χ2v) is 7.99. The van der Waals surface area contributed by atoms with Crippen molar-refractivity contribution in [1.29, 1.82) is 0 Å². The van der Waals surface area contributed by atoms with Crippen LogP contribution < -0.4 is 5.32 Å². The van der Waals surface area contributed by atoms with Gasteiger partial charge >= 0.3 is 0 Å². The molecule has 1 heterocycles. The Labute approximate surface area is 183 Å². The third kappa shape index (κ3) is 4.15. The first-order valence-electron chi connectivity index (χ1n) is 10.5. The van der Waals surface area contributed by atoms with Gasteiger partial charge in [0.2, 0.25) is 0 Å². The van der Waals surface area contributed by atoms with Crippen molar-refractivity contribution in [2.24, 2.45) is 0 Å². The molecule has 4 heteroatoms. The zero-order valence-corrected chi connectivity index (χ0v) is 18.1. The molecule has 4 rings (SSSR count). The molecule has 0 saturated heterocycles. The van der Waals surface area contributed by atoms with Gasteiger partial charge in [0.25, 0.3) is 11.8 Å². The van der Waals surface area contributed by atoms with Gasteiger partial charge in [0.1, 0.15) is 5.70 Å². The van der Waals surface area contributed by atoms with Gasteiger partial charge in [-0.1, -0.05) is 66.7 Å². The SMILES string of the molecule is Cc1ccc(C2=C(Nc3ccccc3C)C(=O)N(CCc3ccccc3)C2=O)cc1C. The molecule has 0 aliphatic carbocycles. The molecule has 156 valence electrons. The number of nitrogens with one attached hydrogen (secondary N) is 1. The second kappa shape index (κ2) is 8.60. The Hall–Kier alpha value is -3.66. The number of imide groups is 1. The lowest BCUT2D eigenvalue weighted by atomic mass is 9.99. The lowest BCUT2D eigenvalue weighted by molar-refractivity contribution is -0.136. The molecule has 4 nitrogen and oxygen atoms in total. The molecule has 0 bridgehead atoms. The number of nitrogens with zero attached hydrogens (tertiary/aromatic N) is 1. The van der Waals surface area contributed by atoms with E-state index in [0.29, 0.717) is 24.2 Å². The molecule has 1 N–H and O–H groups in total. The van der Waals surface area contributed by atoms with Crippen LogP contribution in [-0.2, 0) is 16.0 Å². The maximum absolute atomic E-state index is 13.4. The minimum absolute atomic E-state index is 0.250. The van der Waals surface area contributed by atoms with Crippen LogP contribution >= 0.6 is 0 Å². The number of para-hydroxylation sites is 1. The summed E-state index contributed by atoms with van der Waals surface area (Å²) in [6, 6.07) is 23.6. The molecule has 0 saturated carbocycles. The monoisotopic (exact) mass is 410 g/mol. The van der Waals surface area contributed by atoms with Crippen LogP contribution in [0.1, 0.15) is 27.8 Å². The van der Waals surface area contributed by atoms with Crippen molar-refractivity contribution in [2.75, 3.05) is 11.9 Å². The largest absolute Gasteiger partial charge is 0.350 e. The zero-order valence-electron chi connectivity index (χ0n) is 18.1. The third-order valence-electron chi connectivity index (χ3n) is 5.84. The number of carbonyl (C=O) groups is 2. The summed E-state index contributed by atoms with van der Waals surface area (Å²) in [5, 5.41) is 3.27. The highest BCUT2D eigenvalue weighted by Crippen LogP contribution is 2.32. The molecule has 3 aromatic carbocycles. The third-order valence-corrected chi connectivity index (χ3v) is 5.84. The van der Waals surface area contributed by atoms with E-state index in [1.54, 1.807) is 0 Å². The van der Waals surface area contributed by atoms with Crippen LogP contribution in [0, 0.1) is 20.8 Å². The average Bonchev–Trinajstić information content (AvgIpc) is 3.00. The molecular weight excluding hydrogens is 384 g/mol. The topological polar surface area (TPSA) is 49.4 Å². The van der Waals surface area contributed by atoms with Crippen molar-refractivity contribution in [3.63, 3.8) is 0 Å². The Kier molecular flexibility index (Phi) is 5.72. The number of amides is 2. The summed E-state index contributed by atoms with van der Waals surface area (Å²) in [5.41, 5.74) is 6.71. The molecule has 1 aliphatic heterocycles. The van der Waals surface area contributed by atoms with Crippen LogP contribution in [0.5, 0.6) is 0 Å². The van der Waals surface area contributed by atoms with Crippen LogP contribution in [-0.4, -0.2) is 23.3 Å². The Bertz CT molecular complexity index is 1180. The van der Waals surface area contributed by atoms with Crippen molar-refractivity contribution >= 4 is 23.1 Å². The van der Waals surface area contributed by atoms with Gasteiger partial charge in [0, 0.05) is 12.2 Å². The van der Waals surface area contributed by atoms with Crippen molar-refractivity contribution in [3.05, 3.63) is 106 Å². The summed E-state index contributed by atoms with van der Waals surface area (Å²) in [4.78, 5) is 28.2. The van der Waals surface area contributed by atoms with Gasteiger partial charge in [-0.05, 0) is 61.1 Å². The summed E-state index contributed by atoms with van der Waals surface area (Å²) in [6.45, 7) is 6.37. The molecule has 0 atom stereocenters. The van der Waals surface area contributed by atoms with Crippen molar-refractivity contribution in [3.8, 4) is 0 Å². The van der Waals surface area contributed by atoms with Gasteiger partial charge in [-0.25, -0.2) is 0 Å². The lowest BCUT2D eigenvalue weighted by Gasteiger charge is -2.15. The molecule has 0 radical (unpaired) electrons. The summed E-state index contributed by atoms with van der Waals surface area (Å²) in [6.07, 6.45) is 0.621. The summed E-state index contributed by atoms with van der Waals surface area (Å²) >= 11 is 0. The van der Waals surface area contributed by atoms with Crippen LogP contribution in [0.3, 0.4) is 0 Å². The Balaban J connectivity index is 1.71. The predicted molar refractivity (Wildman–Crippen MR) is 125 cm³/mol. The van der Waals surface area contributed by atoms with Gasteiger partial charge in [-0.3, -0.25) is 14.5 Å². The van der Waals surface area contributed by atoms with Crippen molar-refractivity contribution in [2.45, 2.75) is 27.2 Å². The zero-order chi connectivity index (χ0) is 22.0. The molecule has 0 fully saturated rings. The average molecular weight is 411 g/mol. The predicted octanol–water partition coefficient (Wildman–Crippen LogP) is 5.05. The van der Waals surface area contributed by atoms with E-state index in [-0.39, 0.29) is 11.8 Å². The highest BCUT2D eigenvalue weighted by Gasteiger charge is 2.39. The number of hydrogen-bond donors (Lipinski definition) is 1. The van der Waals surface area contributed by atoms with Crippen LogP contribution in [0.2, 0.25) is 0 Å². The summed E-state index contributed by atoms with van der Waals surface area (Å²) in [7, 11) is 0. The van der Waals surface area contributed by atoms with E-state index in [1.165, 1.54) is 4.90 Å². The molecule has 0 spiro atoms. The van der Waals surface area contributed by atoms with Crippen LogP contribution in [0.15, 0.2) is 78.5 Å². The van der Waals surface area contributed by atoms with Gasteiger partial charge in [-0.15, -0.1) is 0 Å². The molecular formula is C27H26N2O2. The Morgan fingerprint density at radius 3 is 2.16 bits per heavy atom. The number of carbonyl (C=O) groups excluding carboxylic acids is 2. The quantitative estimate of drug-likeness (QED) is 0.579. The fourth-order valence-corrected chi connectivity index (χ4v) is 3.79. The number of benzene rings is 3. The highest BCUT2D eigenvalue weighted by molar-refractivity contribution is 6.36. The number of anilines is 1. The maximum Gasteiger partial charge on any atom is 0.278 e. The Morgan fingerprint density at radius 2 is 1.45 bits per heavy atom. The molecule has 1 aliphatic rings. The first-order chi connectivity index (χ1) is 15.0. The first-order valence-corrected chi connectivity index (χ1v) is 10.5. The standard InChI is InChI=1S/C27H26N2O2/c1-18-13-14-22(17-20(18)3)24-25(28-23-12-8-7-9-19(23)2)27(31)29(26(24)30)16-15-21-10-5-4-6-11-21/h4-14,17,28H,15-16H2,1-3H3. The van der Waals surface area contributed by atoms with E-state index in [9.17, 15) is 9.59 Å². The van der Waals surface area contributed by atoms with E-state index >= 15 is 0 Å². The van der Waals surface area contributed by atoms with E-state index in [4.69, 9.17) is 0 Å². The molecule has 3 aromatic rings. The van der Waals surface area contributed by atoms with Gasteiger partial charge in [0.05, 0.1) is 5.57 Å². The van der Waals surface area contributed by atoms with E-state index < -0.39 is 0 Å². The van der Waals surface area contributed by atoms with Crippen LogP contribution in [0.25, 0.3) is 5.57 Å². The van der Waals surface area contributed by atoms with Gasteiger partial charge in [0.15, 0.2) is 0 Å². The number of rotatable bonds is 6. The number of hydrogen-bond acceptors (Lipinski definition) is 3. The lowest BCUT2D eigenvalue weighted by Crippen LogP contribution is -2.34. The van der Waals surface area contributed by atoms with Gasteiger partial charge in [-0.2, -0.15) is 0 Å². The van der Waals surface area contributed by atoms with Crippen LogP contribution in [0.4, 0.5) is 5.69 Å². The fraction of sp³-hybridized carbons (Fsp3) is 0.185. The van der Waals surface area contributed by atoms with E-state index in [0.717, 1.165) is 33.5 Å². The molecule has 31 heavy (non-hydrogen) atoms. The minimum Gasteiger partial charge on any atom is -0.350 e. The normalized spacial score (nSPS) is 13.8. The first kappa shape index (κ1) is 20.6.